The summed E-state index contributed by atoms with van der Waals surface area (Å²) in [5.74, 6) is 0.684. The number of nitrogens with zero attached hydrogens (tertiary/aromatic N) is 1. The molecule has 7 rings (SSSR count). The van der Waals surface area contributed by atoms with Crippen LogP contribution in [0.1, 0.15) is 11.1 Å². The van der Waals surface area contributed by atoms with Gasteiger partial charge in [-0.1, -0.05) is 36.4 Å². The van der Waals surface area contributed by atoms with Crippen LogP contribution in [0.5, 0.6) is 0 Å². The molecule has 2 N–H and O–H groups in total. The van der Waals surface area contributed by atoms with Crippen molar-refractivity contribution in [1.82, 2.24) is 4.90 Å². The molecule has 2 spiro atoms. The first-order valence-electron chi connectivity index (χ1n) is 11.5. The molecule has 10 radical (unpaired) electrons. The maximum Gasteiger partial charge on any atom is 2.00 e. The van der Waals surface area contributed by atoms with Gasteiger partial charge in [0.1, 0.15) is 11.0 Å². The van der Waals surface area contributed by atoms with Crippen LogP contribution < -0.4 is 10.6 Å². The molecular weight excluding hydrogens is 478 g/mol. The first-order valence-corrected chi connectivity index (χ1v) is 11.5. The number of likely N-dealkylation sites (N-methyl/N-ethyl adjacent to an activating group) is 1. The Bertz CT molecular complexity index is 1120. The number of carbonyl (C=O) groups is 2. The Hall–Kier alpha value is -2.14. The molecule has 2 aliphatic carbocycles. The monoisotopic (exact) mass is 503 g/mol. The van der Waals surface area contributed by atoms with Crippen LogP contribution in [0.3, 0.4) is 0 Å². The molecule has 35 heavy (non-hydrogen) atoms. The molecule has 0 aromatic heterocycles. The second kappa shape index (κ2) is 9.38. The molecular formula is C29H25FeN3O2+2. The minimum Gasteiger partial charge on any atom is -0.325 e. The zero-order valence-electron chi connectivity index (χ0n) is 19.2. The van der Waals surface area contributed by atoms with E-state index in [1.807, 2.05) is 101 Å². The molecule has 1 saturated heterocycles. The van der Waals surface area contributed by atoms with Crippen LogP contribution in [0.15, 0.2) is 48.5 Å². The molecule has 0 bridgehead atoms. The predicted molar refractivity (Wildman–Crippen MR) is 132 cm³/mol. The first-order chi connectivity index (χ1) is 16.6. The standard InChI is InChI=1S/C24H20N3O2.C5H5.Fe/c1-27-14-18(15-8-2-3-9-15)23(16-10-4-6-12-19(16)25-21(23)28)24(27)17-11-5-7-13-20(17)26-22(24)29;1-2-4-5-3-1;/h2-13,18H,14H2,1H3,(H,25,28)(H,26,29);1-5H;/q;;+2/t18-,23+,24-;;/m0../s1. The number of anilines is 2. The van der Waals surface area contributed by atoms with Gasteiger partial charge in [0, 0.05) is 23.5 Å². The molecule has 2 aromatic carbocycles. The summed E-state index contributed by atoms with van der Waals surface area (Å²) in [6, 6.07) is 15.5. The van der Waals surface area contributed by atoms with E-state index in [0.29, 0.717) is 6.54 Å². The number of likely N-dealkylation sites (tertiary alicyclic amines) is 1. The van der Waals surface area contributed by atoms with E-state index in [4.69, 9.17) is 0 Å². The van der Waals surface area contributed by atoms with Crippen molar-refractivity contribution < 1.29 is 26.7 Å². The molecule has 174 valence electrons. The summed E-state index contributed by atoms with van der Waals surface area (Å²) in [5.41, 5.74) is 1.18. The van der Waals surface area contributed by atoms with Gasteiger partial charge < -0.3 is 10.6 Å². The van der Waals surface area contributed by atoms with Gasteiger partial charge in [-0.3, -0.25) is 14.5 Å². The fraction of sp³-hybridized carbons (Fsp3) is 0.172. The van der Waals surface area contributed by atoms with Gasteiger partial charge in [0.25, 0.3) is 5.91 Å². The molecule has 3 fully saturated rings. The molecule has 3 heterocycles. The van der Waals surface area contributed by atoms with Gasteiger partial charge in [-0.2, -0.15) is 0 Å². The number of fused-ring (bicyclic) bond motifs is 5. The molecule has 6 heteroatoms. The molecule has 3 aliphatic heterocycles. The average Bonchev–Trinajstić information content (AvgIpc) is 3.66. The number of para-hydroxylation sites is 2. The topological polar surface area (TPSA) is 61.4 Å². The second-order valence-corrected chi connectivity index (χ2v) is 9.13. The summed E-state index contributed by atoms with van der Waals surface area (Å²) in [6.07, 6.45) is 18.1. The molecule has 0 unspecified atom stereocenters. The number of hydrogen-bond donors (Lipinski definition) is 2. The van der Waals surface area contributed by atoms with Crippen LogP contribution in [0.2, 0.25) is 0 Å². The van der Waals surface area contributed by atoms with E-state index >= 15 is 0 Å². The third-order valence-electron chi connectivity index (χ3n) is 7.62. The van der Waals surface area contributed by atoms with Gasteiger partial charge >= 0.3 is 17.1 Å². The van der Waals surface area contributed by atoms with E-state index in [-0.39, 0.29) is 34.8 Å². The van der Waals surface area contributed by atoms with Crippen molar-refractivity contribution in [3.63, 3.8) is 0 Å². The van der Waals surface area contributed by atoms with Crippen molar-refractivity contribution in [2.24, 2.45) is 5.92 Å². The summed E-state index contributed by atoms with van der Waals surface area (Å²) in [7, 11) is 1.96. The zero-order valence-corrected chi connectivity index (χ0v) is 20.3. The SMILES string of the molecule is CN1C[C@@H]([C]2[CH][CH][CH][CH]2)[C@]2(C(=O)Nc3ccccc32)[C@]12C(=O)Nc1ccccc12.[CH]1[CH][CH][CH][CH]1.[Fe+2]. The maximum atomic E-state index is 13.9. The number of hydrogen-bond acceptors (Lipinski definition) is 3. The quantitative estimate of drug-likeness (QED) is 0.584. The molecule has 3 atom stereocenters. The van der Waals surface area contributed by atoms with Gasteiger partial charge in [0.05, 0.1) is 0 Å². The molecule has 5 nitrogen and oxygen atoms in total. The molecule has 2 aromatic rings. The Morgan fingerprint density at radius 2 is 1.26 bits per heavy atom. The number of benzene rings is 2. The second-order valence-electron chi connectivity index (χ2n) is 9.13. The van der Waals surface area contributed by atoms with Crippen LogP contribution in [-0.2, 0) is 37.6 Å². The van der Waals surface area contributed by atoms with Gasteiger partial charge in [-0.25, -0.2) is 0 Å². The fourth-order valence-electron chi connectivity index (χ4n) is 6.40. The maximum absolute atomic E-state index is 13.9. The largest absolute Gasteiger partial charge is 2.00 e. The van der Waals surface area contributed by atoms with Gasteiger partial charge in [0.2, 0.25) is 5.91 Å². The summed E-state index contributed by atoms with van der Waals surface area (Å²) in [6.45, 7) is 0.605. The molecule has 2 saturated carbocycles. The molecule has 2 amide bonds. The summed E-state index contributed by atoms with van der Waals surface area (Å²) < 4.78 is 0. The predicted octanol–water partition coefficient (Wildman–Crippen LogP) is 3.71. The number of amides is 2. The van der Waals surface area contributed by atoms with Crippen molar-refractivity contribution in [3.8, 4) is 0 Å². The van der Waals surface area contributed by atoms with Crippen LogP contribution in [0.4, 0.5) is 11.4 Å². The third kappa shape index (κ3) is 3.29. The van der Waals surface area contributed by atoms with Crippen LogP contribution in [0.25, 0.3) is 0 Å². The first kappa shape index (κ1) is 24.5. The van der Waals surface area contributed by atoms with E-state index in [1.54, 1.807) is 0 Å². The van der Waals surface area contributed by atoms with Crippen LogP contribution in [0, 0.1) is 69.6 Å². The number of rotatable bonds is 1. The number of nitrogens with one attached hydrogen (secondary N) is 2. The Morgan fingerprint density at radius 1 is 0.743 bits per heavy atom. The van der Waals surface area contributed by atoms with Gasteiger partial charge in [-0.05, 0) is 94.4 Å². The smallest absolute Gasteiger partial charge is 0.325 e. The molecule has 5 aliphatic rings. The van der Waals surface area contributed by atoms with Crippen molar-refractivity contribution in [2.45, 2.75) is 11.0 Å². The minimum atomic E-state index is -1.11. The zero-order chi connectivity index (χ0) is 23.3. The third-order valence-corrected chi connectivity index (χ3v) is 7.62. The summed E-state index contributed by atoms with van der Waals surface area (Å²) >= 11 is 0. The van der Waals surface area contributed by atoms with Crippen LogP contribution in [-0.4, -0.2) is 30.3 Å². The summed E-state index contributed by atoms with van der Waals surface area (Å²) in [4.78, 5) is 29.7. The van der Waals surface area contributed by atoms with Gasteiger partial charge in [0.15, 0.2) is 0 Å². The Balaban J connectivity index is 0.000000379. The Labute approximate surface area is 218 Å². The Morgan fingerprint density at radius 3 is 1.89 bits per heavy atom. The van der Waals surface area contributed by atoms with E-state index < -0.39 is 11.0 Å². The van der Waals surface area contributed by atoms with E-state index in [0.717, 1.165) is 28.4 Å². The normalized spacial score (nSPS) is 31.1. The van der Waals surface area contributed by atoms with Crippen molar-refractivity contribution in [3.05, 3.63) is 123 Å². The van der Waals surface area contributed by atoms with E-state index in [9.17, 15) is 9.59 Å². The van der Waals surface area contributed by atoms with E-state index in [2.05, 4.69) is 28.4 Å². The van der Waals surface area contributed by atoms with Crippen LogP contribution >= 0.6 is 0 Å². The average molecular weight is 503 g/mol. The van der Waals surface area contributed by atoms with Crippen molar-refractivity contribution in [1.29, 1.82) is 0 Å². The van der Waals surface area contributed by atoms with Crippen molar-refractivity contribution >= 4 is 23.2 Å². The Kier molecular flexibility index (Phi) is 6.58. The van der Waals surface area contributed by atoms with Crippen molar-refractivity contribution in [2.75, 3.05) is 24.2 Å². The number of carbonyl (C=O) groups excluding carboxylic acids is 2. The minimum absolute atomic E-state index is 0. The fourth-order valence-corrected chi connectivity index (χ4v) is 6.40. The van der Waals surface area contributed by atoms with Gasteiger partial charge in [-0.15, -0.1) is 0 Å². The summed E-state index contributed by atoms with van der Waals surface area (Å²) in [5, 5.41) is 6.17. The van der Waals surface area contributed by atoms with E-state index in [1.165, 1.54) is 0 Å².